The van der Waals surface area contributed by atoms with Gasteiger partial charge in [0, 0.05) is 45.9 Å². The smallest absolute Gasteiger partial charge is 0.210 e. The lowest BCUT2D eigenvalue weighted by atomic mass is 9.78. The quantitative estimate of drug-likeness (QED) is 0.174. The minimum absolute atomic E-state index is 0.155. The normalized spacial score (nSPS) is 18.9. The molecule has 2 aliphatic heterocycles. The number of fused-ring (bicyclic) bond motifs is 6. The van der Waals surface area contributed by atoms with Crippen LogP contribution < -0.4 is 10.2 Å². The SMILES string of the molecule is C[N+]1=C(/C=C/C2=C(N(c3ccccc3)c3ccccc3)C(=C/C=C3/Nc4ccc5ccccc5c4C3(C)C)/CCC2)C(C)(C)c2c1ccc1ccccc21. The molecule has 0 aromatic heterocycles. The highest BCUT2D eigenvalue weighted by atomic mass is 15.2. The van der Waals surface area contributed by atoms with E-state index in [9.17, 15) is 0 Å². The Morgan fingerprint density at radius 1 is 0.593 bits per heavy atom. The number of benzene rings is 6. The zero-order valence-corrected chi connectivity index (χ0v) is 32.0. The predicted octanol–water partition coefficient (Wildman–Crippen LogP) is 13.0. The highest BCUT2D eigenvalue weighted by Crippen LogP contribution is 2.48. The van der Waals surface area contributed by atoms with Gasteiger partial charge in [-0.05, 0) is 114 Å². The Kier molecular flexibility index (Phi) is 8.27. The Morgan fingerprint density at radius 3 is 1.85 bits per heavy atom. The Morgan fingerprint density at radius 2 is 1.19 bits per heavy atom. The lowest BCUT2D eigenvalue weighted by Crippen LogP contribution is -2.27. The Balaban J connectivity index is 1.20. The van der Waals surface area contributed by atoms with Gasteiger partial charge in [0.15, 0.2) is 5.71 Å². The van der Waals surface area contributed by atoms with Gasteiger partial charge < -0.3 is 10.2 Å². The van der Waals surface area contributed by atoms with E-state index in [1.165, 1.54) is 72.3 Å². The summed E-state index contributed by atoms with van der Waals surface area (Å²) in [6, 6.07) is 48.4. The lowest BCUT2D eigenvalue weighted by Gasteiger charge is -2.34. The van der Waals surface area contributed by atoms with Gasteiger partial charge in [0.1, 0.15) is 7.05 Å². The maximum atomic E-state index is 3.84. The second-order valence-corrected chi connectivity index (χ2v) is 16.0. The fourth-order valence-corrected chi connectivity index (χ4v) is 9.38. The molecule has 54 heavy (non-hydrogen) atoms. The number of anilines is 3. The summed E-state index contributed by atoms with van der Waals surface area (Å²) in [5, 5.41) is 9.07. The first-order chi connectivity index (χ1) is 26.2. The van der Waals surface area contributed by atoms with Crippen LogP contribution >= 0.6 is 0 Å². The first-order valence-electron chi connectivity index (χ1n) is 19.4. The molecule has 1 aliphatic carbocycles. The number of nitrogens with zero attached hydrogens (tertiary/aromatic N) is 2. The third-order valence-corrected chi connectivity index (χ3v) is 12.0. The second-order valence-electron chi connectivity index (χ2n) is 16.0. The molecule has 6 aromatic carbocycles. The highest BCUT2D eigenvalue weighted by molar-refractivity contribution is 6.07. The van der Waals surface area contributed by atoms with Crippen LogP contribution in [-0.4, -0.2) is 17.3 Å². The number of hydrogen-bond acceptors (Lipinski definition) is 2. The largest absolute Gasteiger partial charge is 0.358 e. The molecule has 2 heterocycles. The Labute approximate surface area is 320 Å². The molecule has 0 amide bonds. The molecule has 0 radical (unpaired) electrons. The van der Waals surface area contributed by atoms with Gasteiger partial charge in [0.05, 0.1) is 11.1 Å². The summed E-state index contributed by atoms with van der Waals surface area (Å²) in [5.41, 5.74) is 13.8. The fraction of sp³-hybridized carbons (Fsp3) is 0.196. The molecule has 266 valence electrons. The molecular weight excluding hydrogens is 655 g/mol. The molecule has 6 aromatic rings. The van der Waals surface area contributed by atoms with E-state index in [-0.39, 0.29) is 10.8 Å². The molecule has 0 saturated carbocycles. The van der Waals surface area contributed by atoms with E-state index in [4.69, 9.17) is 0 Å². The minimum Gasteiger partial charge on any atom is -0.358 e. The molecule has 9 rings (SSSR count). The molecule has 0 atom stereocenters. The van der Waals surface area contributed by atoms with Crippen molar-refractivity contribution < 1.29 is 4.58 Å². The van der Waals surface area contributed by atoms with E-state index in [0.717, 1.165) is 30.6 Å². The predicted molar refractivity (Wildman–Crippen MR) is 230 cm³/mol. The summed E-state index contributed by atoms with van der Waals surface area (Å²) in [7, 11) is 2.23. The number of nitrogens with one attached hydrogen (secondary N) is 1. The zero-order valence-electron chi connectivity index (χ0n) is 32.0. The van der Waals surface area contributed by atoms with Crippen LogP contribution in [0.4, 0.5) is 22.7 Å². The van der Waals surface area contributed by atoms with Crippen LogP contribution in [0.1, 0.15) is 58.1 Å². The summed E-state index contributed by atoms with van der Waals surface area (Å²) in [6.07, 6.45) is 12.7. The molecule has 1 N–H and O–H groups in total. The molecule has 0 unspecified atom stereocenters. The van der Waals surface area contributed by atoms with Crippen molar-refractivity contribution in [1.29, 1.82) is 0 Å². The monoisotopic (exact) mass is 702 g/mol. The van der Waals surface area contributed by atoms with Crippen LogP contribution in [0.15, 0.2) is 180 Å². The molecule has 3 heteroatoms. The molecule has 0 bridgehead atoms. The van der Waals surface area contributed by atoms with Gasteiger partial charge in [0.25, 0.3) is 0 Å². The van der Waals surface area contributed by atoms with E-state index in [1.54, 1.807) is 0 Å². The Hall–Kier alpha value is -5.93. The summed E-state index contributed by atoms with van der Waals surface area (Å²) >= 11 is 0. The average molecular weight is 703 g/mol. The topological polar surface area (TPSA) is 18.3 Å². The summed E-state index contributed by atoms with van der Waals surface area (Å²) in [4.78, 5) is 2.48. The molecule has 0 saturated heterocycles. The first-order valence-corrected chi connectivity index (χ1v) is 19.4. The van der Waals surface area contributed by atoms with Gasteiger partial charge in [-0.15, -0.1) is 0 Å². The first kappa shape index (κ1) is 33.9. The third-order valence-electron chi connectivity index (χ3n) is 12.0. The Bertz CT molecular complexity index is 2560. The number of allylic oxidation sites excluding steroid dienone is 7. The van der Waals surface area contributed by atoms with Crippen LogP contribution in [0.2, 0.25) is 0 Å². The number of para-hydroxylation sites is 2. The van der Waals surface area contributed by atoms with E-state index in [2.05, 4.69) is 207 Å². The van der Waals surface area contributed by atoms with Crippen LogP contribution in [0.3, 0.4) is 0 Å². The number of hydrogen-bond donors (Lipinski definition) is 1. The van der Waals surface area contributed by atoms with Gasteiger partial charge in [-0.3, -0.25) is 0 Å². The van der Waals surface area contributed by atoms with Crippen molar-refractivity contribution in [3.63, 3.8) is 0 Å². The summed E-state index contributed by atoms with van der Waals surface area (Å²) < 4.78 is 2.41. The van der Waals surface area contributed by atoms with Crippen molar-refractivity contribution in [2.45, 2.75) is 57.8 Å². The van der Waals surface area contributed by atoms with E-state index < -0.39 is 0 Å². The van der Waals surface area contributed by atoms with Gasteiger partial charge in [-0.1, -0.05) is 117 Å². The van der Waals surface area contributed by atoms with Gasteiger partial charge >= 0.3 is 0 Å². The standard InChI is InChI=1S/C51H47N3/c1-50(2)45(52-43-31-27-35-17-12-14-25-41(35)47(43)50)33-29-37-19-16-20-38(49(37)54(39-21-8-6-9-22-39)40-23-10-7-11-24-40)30-34-46-51(3,4)48-42-26-15-13-18-36(42)28-32-44(48)53(46)5/h6-15,17-18,21-34H,16,19-20H2,1-5H3/p+1. The number of rotatable bonds is 6. The van der Waals surface area contributed by atoms with Crippen molar-refractivity contribution >= 4 is 50.0 Å². The molecular formula is C51H48N3+. The van der Waals surface area contributed by atoms with Crippen LogP contribution in [-0.2, 0) is 10.8 Å². The van der Waals surface area contributed by atoms with Crippen molar-refractivity contribution in [2.24, 2.45) is 0 Å². The molecule has 0 fully saturated rings. The van der Waals surface area contributed by atoms with E-state index in [0.29, 0.717) is 0 Å². The maximum Gasteiger partial charge on any atom is 0.210 e. The second kappa shape index (κ2) is 13.2. The van der Waals surface area contributed by atoms with Crippen molar-refractivity contribution in [3.05, 3.63) is 191 Å². The van der Waals surface area contributed by atoms with Gasteiger partial charge in [-0.25, -0.2) is 0 Å². The van der Waals surface area contributed by atoms with Crippen LogP contribution in [0.5, 0.6) is 0 Å². The van der Waals surface area contributed by atoms with Gasteiger partial charge in [0.2, 0.25) is 5.69 Å². The van der Waals surface area contributed by atoms with Crippen molar-refractivity contribution in [3.8, 4) is 0 Å². The average Bonchev–Trinajstić information content (AvgIpc) is 3.58. The van der Waals surface area contributed by atoms with Crippen molar-refractivity contribution in [1.82, 2.24) is 0 Å². The van der Waals surface area contributed by atoms with Crippen LogP contribution in [0.25, 0.3) is 21.5 Å². The van der Waals surface area contributed by atoms with Crippen molar-refractivity contribution in [2.75, 3.05) is 17.3 Å². The zero-order chi connectivity index (χ0) is 37.0. The van der Waals surface area contributed by atoms with Gasteiger partial charge in [-0.2, -0.15) is 4.58 Å². The molecule has 0 spiro atoms. The molecule has 3 nitrogen and oxygen atoms in total. The van der Waals surface area contributed by atoms with E-state index >= 15 is 0 Å². The highest BCUT2D eigenvalue weighted by Gasteiger charge is 2.44. The summed E-state index contributed by atoms with van der Waals surface area (Å²) in [5.74, 6) is 0. The third kappa shape index (κ3) is 5.53. The lowest BCUT2D eigenvalue weighted by molar-refractivity contribution is -0.401. The fourth-order valence-electron chi connectivity index (χ4n) is 9.38. The minimum atomic E-state index is -0.165. The van der Waals surface area contributed by atoms with Crippen LogP contribution in [0, 0.1) is 0 Å². The molecule has 3 aliphatic rings. The van der Waals surface area contributed by atoms with E-state index in [1.807, 2.05) is 0 Å². The summed E-state index contributed by atoms with van der Waals surface area (Å²) in [6.45, 7) is 9.47. The maximum absolute atomic E-state index is 3.84.